The van der Waals surface area contributed by atoms with Crippen molar-refractivity contribution in [3.63, 3.8) is 0 Å². The molecule has 0 spiro atoms. The Bertz CT molecular complexity index is 321. The van der Waals surface area contributed by atoms with Crippen molar-refractivity contribution in [3.05, 3.63) is 0 Å². The fourth-order valence-electron chi connectivity index (χ4n) is 1.68. The average Bonchev–Trinajstić information content (AvgIpc) is 2.47. The van der Waals surface area contributed by atoms with Crippen LogP contribution in [0.25, 0.3) is 0 Å². The summed E-state index contributed by atoms with van der Waals surface area (Å²) in [7, 11) is 0. The smallest absolute Gasteiger partial charge is 0.326 e. The summed E-state index contributed by atoms with van der Waals surface area (Å²) in [6.07, 6.45) is 0. The Hall–Kier alpha value is -1.55. The first-order valence-electron chi connectivity index (χ1n) is 3.49. The highest BCUT2D eigenvalue weighted by atomic mass is 16.4. The number of nitrogens with zero attached hydrogens (tertiary/aromatic N) is 2. The summed E-state index contributed by atoms with van der Waals surface area (Å²) in [6.45, 7) is 3.25. The zero-order chi connectivity index (χ0) is 9.57. The van der Waals surface area contributed by atoms with Crippen LogP contribution in [-0.4, -0.2) is 11.1 Å². The van der Waals surface area contributed by atoms with E-state index in [0.717, 1.165) is 0 Å². The van der Waals surface area contributed by atoms with Crippen molar-refractivity contribution in [2.45, 2.75) is 13.8 Å². The van der Waals surface area contributed by atoms with Crippen LogP contribution >= 0.6 is 0 Å². The van der Waals surface area contributed by atoms with Gasteiger partial charge in [-0.1, -0.05) is 13.8 Å². The van der Waals surface area contributed by atoms with E-state index in [1.807, 2.05) is 6.07 Å². The Morgan fingerprint density at radius 1 is 1.50 bits per heavy atom. The minimum atomic E-state index is -1.48. The van der Waals surface area contributed by atoms with Crippen LogP contribution < -0.4 is 0 Å². The summed E-state index contributed by atoms with van der Waals surface area (Å²) >= 11 is 0. The molecule has 0 heterocycles. The zero-order valence-corrected chi connectivity index (χ0v) is 6.83. The molecule has 0 aromatic carbocycles. The number of hydrogen-bond donors (Lipinski definition) is 1. The highest BCUT2D eigenvalue weighted by Gasteiger charge is 2.78. The van der Waals surface area contributed by atoms with E-state index in [9.17, 15) is 4.79 Å². The van der Waals surface area contributed by atoms with Gasteiger partial charge < -0.3 is 5.11 Å². The normalized spacial score (nSPS) is 36.2. The Morgan fingerprint density at radius 2 is 2.00 bits per heavy atom. The van der Waals surface area contributed by atoms with E-state index in [-0.39, 0.29) is 0 Å². The van der Waals surface area contributed by atoms with E-state index in [0.29, 0.717) is 0 Å². The standard InChI is InChI=1S/C8H8N2O2/c1-7(2)5(3-9)8(7,4-10)6(11)12/h5H,1-2H3,(H,11,12)/t5-,8-/m0/s1. The van der Waals surface area contributed by atoms with Crippen LogP contribution in [0, 0.1) is 39.4 Å². The molecule has 2 atom stereocenters. The maximum Gasteiger partial charge on any atom is 0.326 e. The average molecular weight is 164 g/mol. The van der Waals surface area contributed by atoms with Gasteiger partial charge in [-0.25, -0.2) is 0 Å². The van der Waals surface area contributed by atoms with Crippen molar-refractivity contribution in [1.82, 2.24) is 0 Å². The molecule has 0 aromatic heterocycles. The summed E-state index contributed by atoms with van der Waals surface area (Å²) in [6, 6.07) is 3.57. The lowest BCUT2D eigenvalue weighted by Gasteiger charge is -2.02. The van der Waals surface area contributed by atoms with Crippen LogP contribution in [0.4, 0.5) is 0 Å². The van der Waals surface area contributed by atoms with Gasteiger partial charge in [0.05, 0.1) is 18.1 Å². The Kier molecular flexibility index (Phi) is 1.41. The quantitative estimate of drug-likeness (QED) is 0.620. The van der Waals surface area contributed by atoms with Gasteiger partial charge in [-0.05, 0) is 0 Å². The van der Waals surface area contributed by atoms with Crippen molar-refractivity contribution in [2.24, 2.45) is 16.7 Å². The molecule has 1 aliphatic carbocycles. The molecule has 0 unspecified atom stereocenters. The number of carbonyl (C=O) groups is 1. The van der Waals surface area contributed by atoms with E-state index in [1.165, 1.54) is 0 Å². The first-order valence-corrected chi connectivity index (χ1v) is 3.49. The second-order valence-corrected chi connectivity index (χ2v) is 3.51. The van der Waals surface area contributed by atoms with Crippen LogP contribution in [0.5, 0.6) is 0 Å². The number of carboxylic acids is 1. The van der Waals surface area contributed by atoms with Gasteiger partial charge in [0.15, 0.2) is 5.41 Å². The third-order valence-corrected chi connectivity index (χ3v) is 2.73. The topological polar surface area (TPSA) is 84.9 Å². The van der Waals surface area contributed by atoms with Crippen molar-refractivity contribution >= 4 is 5.97 Å². The highest BCUT2D eigenvalue weighted by molar-refractivity contribution is 5.85. The largest absolute Gasteiger partial charge is 0.480 e. The second-order valence-electron chi connectivity index (χ2n) is 3.51. The molecule has 0 bridgehead atoms. The molecule has 4 nitrogen and oxygen atoms in total. The van der Waals surface area contributed by atoms with Gasteiger partial charge in [0.2, 0.25) is 0 Å². The molecule has 0 radical (unpaired) electrons. The first-order chi connectivity index (χ1) is 5.45. The van der Waals surface area contributed by atoms with Crippen molar-refractivity contribution in [3.8, 4) is 12.1 Å². The number of aliphatic carboxylic acids is 1. The lowest BCUT2D eigenvalue weighted by Crippen LogP contribution is -2.19. The third kappa shape index (κ3) is 0.579. The molecule has 1 saturated carbocycles. The van der Waals surface area contributed by atoms with Crippen molar-refractivity contribution in [1.29, 1.82) is 10.5 Å². The molecular weight excluding hydrogens is 156 g/mol. The summed E-state index contributed by atoms with van der Waals surface area (Å²) in [4.78, 5) is 10.7. The van der Waals surface area contributed by atoms with Crippen LogP contribution in [0.3, 0.4) is 0 Å². The van der Waals surface area contributed by atoms with Gasteiger partial charge in [0, 0.05) is 5.41 Å². The number of rotatable bonds is 1. The maximum absolute atomic E-state index is 10.7. The molecule has 62 valence electrons. The summed E-state index contributed by atoms with van der Waals surface area (Å²) < 4.78 is 0. The molecular formula is C8H8N2O2. The fourth-order valence-corrected chi connectivity index (χ4v) is 1.68. The van der Waals surface area contributed by atoms with E-state index < -0.39 is 22.7 Å². The predicted molar refractivity (Wildman–Crippen MR) is 38.6 cm³/mol. The van der Waals surface area contributed by atoms with Gasteiger partial charge in [-0.15, -0.1) is 0 Å². The SMILES string of the molecule is CC1(C)[C@H](C#N)[C@@]1(C#N)C(=O)O. The van der Waals surface area contributed by atoms with Gasteiger partial charge in [0.25, 0.3) is 0 Å². The highest BCUT2D eigenvalue weighted by Crippen LogP contribution is 2.68. The van der Waals surface area contributed by atoms with Crippen molar-refractivity contribution in [2.75, 3.05) is 0 Å². The van der Waals surface area contributed by atoms with Crippen LogP contribution in [0.15, 0.2) is 0 Å². The van der Waals surface area contributed by atoms with Crippen LogP contribution in [-0.2, 0) is 4.79 Å². The third-order valence-electron chi connectivity index (χ3n) is 2.73. The van der Waals surface area contributed by atoms with Gasteiger partial charge in [0.1, 0.15) is 0 Å². The monoisotopic (exact) mass is 164 g/mol. The van der Waals surface area contributed by atoms with Gasteiger partial charge in [-0.2, -0.15) is 10.5 Å². The molecule has 12 heavy (non-hydrogen) atoms. The molecule has 1 aliphatic rings. The number of hydrogen-bond acceptors (Lipinski definition) is 3. The van der Waals surface area contributed by atoms with E-state index in [4.69, 9.17) is 15.6 Å². The Morgan fingerprint density at radius 3 is 2.08 bits per heavy atom. The predicted octanol–water partition coefficient (Wildman–Crippen LogP) is 0.761. The summed E-state index contributed by atoms with van der Waals surface area (Å²) in [5.74, 6) is -1.88. The van der Waals surface area contributed by atoms with Gasteiger partial charge >= 0.3 is 5.97 Å². The lowest BCUT2D eigenvalue weighted by atomic mass is 9.98. The van der Waals surface area contributed by atoms with Crippen LogP contribution in [0.2, 0.25) is 0 Å². The summed E-state index contributed by atoms with van der Waals surface area (Å²) in [5, 5.41) is 26.0. The minimum absolute atomic E-state index is 0.688. The molecule has 1 N–H and O–H groups in total. The minimum Gasteiger partial charge on any atom is -0.480 e. The van der Waals surface area contributed by atoms with E-state index in [2.05, 4.69) is 0 Å². The molecule has 0 saturated heterocycles. The van der Waals surface area contributed by atoms with E-state index in [1.54, 1.807) is 19.9 Å². The van der Waals surface area contributed by atoms with E-state index >= 15 is 0 Å². The molecule has 0 amide bonds. The number of carboxylic acid groups (broad SMARTS) is 1. The Balaban J connectivity index is 3.15. The molecule has 1 rings (SSSR count). The molecule has 0 aromatic rings. The first kappa shape index (κ1) is 8.55. The Labute approximate surface area is 70.0 Å². The summed E-state index contributed by atoms with van der Waals surface area (Å²) in [5.41, 5.74) is -2.20. The van der Waals surface area contributed by atoms with Crippen molar-refractivity contribution < 1.29 is 9.90 Å². The second kappa shape index (κ2) is 1.98. The molecule has 0 aliphatic heterocycles. The number of nitriles is 2. The lowest BCUT2D eigenvalue weighted by molar-refractivity contribution is -0.142. The zero-order valence-electron chi connectivity index (χ0n) is 6.83. The maximum atomic E-state index is 10.7. The molecule has 4 heteroatoms. The van der Waals surface area contributed by atoms with Crippen LogP contribution in [0.1, 0.15) is 13.8 Å². The van der Waals surface area contributed by atoms with Gasteiger partial charge in [-0.3, -0.25) is 4.79 Å². The fraction of sp³-hybridized carbons (Fsp3) is 0.625. The molecule has 1 fully saturated rings.